The predicted molar refractivity (Wildman–Crippen MR) is 117 cm³/mol. The highest BCUT2D eigenvalue weighted by Crippen LogP contribution is 2.32. The lowest BCUT2D eigenvalue weighted by Gasteiger charge is -2.29. The van der Waals surface area contributed by atoms with Crippen molar-refractivity contribution in [1.82, 2.24) is 15.1 Å². The molecular weight excluding hydrogens is 419 g/mol. The smallest absolute Gasteiger partial charge is 0.416 e. The molecular formula is C24H30F3N3O2. The van der Waals surface area contributed by atoms with Crippen molar-refractivity contribution in [2.45, 2.75) is 38.7 Å². The average Bonchev–Trinajstić information content (AvgIpc) is 2.76. The Labute approximate surface area is 187 Å². The van der Waals surface area contributed by atoms with Crippen molar-refractivity contribution in [3.63, 3.8) is 0 Å². The Kier molecular flexibility index (Phi) is 7.79. The lowest BCUT2D eigenvalue weighted by Crippen LogP contribution is -2.43. The second kappa shape index (κ2) is 10.4. The summed E-state index contributed by atoms with van der Waals surface area (Å²) in [5, 5.41) is 3.30. The Morgan fingerprint density at radius 3 is 2.59 bits per heavy atom. The standard InChI is InChI=1S/C24H30F3N3O2/c1-17(32-22-10-6-8-18-11-12-28-15-20(18)22)23(31)30(14-13-29(2)3)16-19-7-4-5-9-21(19)24(25,26)27/h4-10,17,28H,11-16H2,1-3H3. The largest absolute Gasteiger partial charge is 0.481 e. The zero-order chi connectivity index (χ0) is 23.3. The SMILES string of the molecule is CC(Oc1cccc2c1CNCC2)C(=O)N(CCN(C)C)Cc1ccccc1C(F)(F)F. The molecule has 1 aliphatic heterocycles. The van der Waals surface area contributed by atoms with Crippen LogP contribution < -0.4 is 10.1 Å². The van der Waals surface area contributed by atoms with Gasteiger partial charge in [-0.2, -0.15) is 13.2 Å². The summed E-state index contributed by atoms with van der Waals surface area (Å²) >= 11 is 0. The number of benzene rings is 2. The van der Waals surface area contributed by atoms with Gasteiger partial charge in [0.15, 0.2) is 6.10 Å². The van der Waals surface area contributed by atoms with Crippen LogP contribution in [-0.2, 0) is 30.5 Å². The minimum Gasteiger partial charge on any atom is -0.481 e. The highest BCUT2D eigenvalue weighted by molar-refractivity contribution is 5.81. The van der Waals surface area contributed by atoms with Crippen LogP contribution in [0, 0.1) is 0 Å². The summed E-state index contributed by atoms with van der Waals surface area (Å²) in [5.41, 5.74) is 1.56. The highest BCUT2D eigenvalue weighted by atomic mass is 19.4. The molecule has 32 heavy (non-hydrogen) atoms. The number of alkyl halides is 3. The van der Waals surface area contributed by atoms with E-state index in [1.54, 1.807) is 13.0 Å². The number of halogens is 3. The molecule has 5 nitrogen and oxygen atoms in total. The Morgan fingerprint density at radius 2 is 1.88 bits per heavy atom. The number of carbonyl (C=O) groups excluding carboxylic acids is 1. The molecule has 2 aromatic rings. The molecule has 0 aromatic heterocycles. The van der Waals surface area contributed by atoms with E-state index in [9.17, 15) is 18.0 Å². The van der Waals surface area contributed by atoms with Gasteiger partial charge in [0.2, 0.25) is 0 Å². The van der Waals surface area contributed by atoms with Crippen molar-refractivity contribution in [2.24, 2.45) is 0 Å². The first-order chi connectivity index (χ1) is 15.2. The number of likely N-dealkylation sites (N-methyl/N-ethyl adjacent to an activating group) is 1. The molecule has 1 heterocycles. The molecule has 0 bridgehead atoms. The van der Waals surface area contributed by atoms with Gasteiger partial charge >= 0.3 is 6.18 Å². The summed E-state index contributed by atoms with van der Waals surface area (Å²) in [6.07, 6.45) is -4.42. The van der Waals surface area contributed by atoms with Gasteiger partial charge in [0.25, 0.3) is 5.91 Å². The van der Waals surface area contributed by atoms with Crippen LogP contribution in [0.15, 0.2) is 42.5 Å². The molecule has 1 amide bonds. The van der Waals surface area contributed by atoms with Crippen molar-refractivity contribution < 1.29 is 22.7 Å². The van der Waals surface area contributed by atoms with Crippen LogP contribution in [0.4, 0.5) is 13.2 Å². The second-order valence-corrected chi connectivity index (χ2v) is 8.30. The van der Waals surface area contributed by atoms with Gasteiger partial charge in [-0.25, -0.2) is 0 Å². The molecule has 0 fully saturated rings. The van der Waals surface area contributed by atoms with Crippen molar-refractivity contribution in [1.29, 1.82) is 0 Å². The molecule has 174 valence electrons. The fourth-order valence-corrected chi connectivity index (χ4v) is 3.82. The first-order valence-electron chi connectivity index (χ1n) is 10.7. The van der Waals surface area contributed by atoms with E-state index in [0.29, 0.717) is 25.4 Å². The lowest BCUT2D eigenvalue weighted by atomic mass is 10.0. The van der Waals surface area contributed by atoms with E-state index in [4.69, 9.17) is 4.74 Å². The van der Waals surface area contributed by atoms with E-state index >= 15 is 0 Å². The number of nitrogens with one attached hydrogen (secondary N) is 1. The van der Waals surface area contributed by atoms with Gasteiger partial charge in [0, 0.05) is 31.7 Å². The van der Waals surface area contributed by atoms with Crippen molar-refractivity contribution >= 4 is 5.91 Å². The zero-order valence-corrected chi connectivity index (χ0v) is 18.7. The number of nitrogens with zero attached hydrogens (tertiary/aromatic N) is 2. The van der Waals surface area contributed by atoms with E-state index < -0.39 is 17.8 Å². The number of rotatable bonds is 8. The molecule has 1 aliphatic rings. The van der Waals surface area contributed by atoms with Gasteiger partial charge in [0.05, 0.1) is 5.56 Å². The number of carbonyl (C=O) groups is 1. The summed E-state index contributed by atoms with van der Waals surface area (Å²) in [5.74, 6) is 0.295. The fourth-order valence-electron chi connectivity index (χ4n) is 3.82. The number of hydrogen-bond donors (Lipinski definition) is 1. The highest BCUT2D eigenvalue weighted by Gasteiger charge is 2.34. The van der Waals surface area contributed by atoms with Gasteiger partial charge in [-0.05, 0) is 57.2 Å². The quantitative estimate of drug-likeness (QED) is 0.668. The molecule has 0 saturated heterocycles. The van der Waals surface area contributed by atoms with Crippen LogP contribution in [0.25, 0.3) is 0 Å². The number of hydrogen-bond acceptors (Lipinski definition) is 4. The van der Waals surface area contributed by atoms with E-state index in [-0.39, 0.29) is 18.0 Å². The molecule has 3 rings (SSSR count). The first kappa shape index (κ1) is 24.1. The molecule has 0 saturated carbocycles. The van der Waals surface area contributed by atoms with Crippen LogP contribution in [-0.4, -0.2) is 55.5 Å². The minimum absolute atomic E-state index is 0.0700. The predicted octanol–water partition coefficient (Wildman–Crippen LogP) is 3.71. The molecule has 0 spiro atoms. The molecule has 1 atom stereocenters. The molecule has 2 aromatic carbocycles. The number of ether oxygens (including phenoxy) is 1. The van der Waals surface area contributed by atoms with E-state index in [2.05, 4.69) is 5.32 Å². The average molecular weight is 450 g/mol. The van der Waals surface area contributed by atoms with Crippen LogP contribution in [0.3, 0.4) is 0 Å². The van der Waals surface area contributed by atoms with Crippen LogP contribution in [0.2, 0.25) is 0 Å². The number of amides is 1. The summed E-state index contributed by atoms with van der Waals surface area (Å²) < 4.78 is 46.5. The monoisotopic (exact) mass is 449 g/mol. The first-order valence-corrected chi connectivity index (χ1v) is 10.7. The minimum atomic E-state index is -4.48. The van der Waals surface area contributed by atoms with E-state index in [1.807, 2.05) is 37.2 Å². The molecule has 1 N–H and O–H groups in total. The van der Waals surface area contributed by atoms with Gasteiger partial charge in [-0.15, -0.1) is 0 Å². The second-order valence-electron chi connectivity index (χ2n) is 8.30. The maximum absolute atomic E-state index is 13.5. The van der Waals surface area contributed by atoms with Crippen LogP contribution in [0.1, 0.15) is 29.2 Å². The maximum atomic E-state index is 13.5. The Hall–Kier alpha value is -2.58. The Balaban J connectivity index is 1.81. The van der Waals surface area contributed by atoms with Gasteiger partial charge in [0.1, 0.15) is 5.75 Å². The Bertz CT molecular complexity index is 931. The molecule has 1 unspecified atom stereocenters. The Morgan fingerprint density at radius 1 is 1.12 bits per heavy atom. The molecule has 0 radical (unpaired) electrons. The summed E-state index contributed by atoms with van der Waals surface area (Å²) in [6, 6.07) is 11.2. The number of fused-ring (bicyclic) bond motifs is 1. The molecule has 0 aliphatic carbocycles. The normalized spacial score (nSPS) is 14.7. The van der Waals surface area contributed by atoms with Gasteiger partial charge in [-0.3, -0.25) is 4.79 Å². The van der Waals surface area contributed by atoms with Gasteiger partial charge < -0.3 is 19.9 Å². The summed E-state index contributed by atoms with van der Waals surface area (Å²) in [6.45, 7) is 3.88. The van der Waals surface area contributed by atoms with E-state index in [0.717, 1.165) is 24.6 Å². The van der Waals surface area contributed by atoms with Gasteiger partial charge in [-0.1, -0.05) is 30.3 Å². The van der Waals surface area contributed by atoms with E-state index in [1.165, 1.54) is 22.6 Å². The third kappa shape index (κ3) is 6.01. The summed E-state index contributed by atoms with van der Waals surface area (Å²) in [7, 11) is 3.71. The summed E-state index contributed by atoms with van der Waals surface area (Å²) in [4.78, 5) is 16.6. The van der Waals surface area contributed by atoms with Crippen LogP contribution in [0.5, 0.6) is 5.75 Å². The fraction of sp³-hybridized carbons (Fsp3) is 0.458. The zero-order valence-electron chi connectivity index (χ0n) is 18.7. The third-order valence-electron chi connectivity index (χ3n) is 5.57. The lowest BCUT2D eigenvalue weighted by molar-refractivity contribution is -0.142. The van der Waals surface area contributed by atoms with Crippen molar-refractivity contribution in [3.8, 4) is 5.75 Å². The molecule has 8 heteroatoms. The van der Waals surface area contributed by atoms with Crippen molar-refractivity contribution in [3.05, 3.63) is 64.7 Å². The third-order valence-corrected chi connectivity index (χ3v) is 5.57. The van der Waals surface area contributed by atoms with Crippen LogP contribution >= 0.6 is 0 Å². The topological polar surface area (TPSA) is 44.8 Å². The van der Waals surface area contributed by atoms with Crippen molar-refractivity contribution in [2.75, 3.05) is 33.7 Å². The maximum Gasteiger partial charge on any atom is 0.416 e.